The normalized spacial score (nSPS) is 12.6. The van der Waals surface area contributed by atoms with Crippen LogP contribution in [-0.4, -0.2) is 10.8 Å². The Kier molecular flexibility index (Phi) is 5.35. The first kappa shape index (κ1) is 18.9. The van der Waals surface area contributed by atoms with Crippen molar-refractivity contribution in [2.24, 2.45) is 15.4 Å². The Balaban J connectivity index is 1.19. The predicted molar refractivity (Wildman–Crippen MR) is 120 cm³/mol. The van der Waals surface area contributed by atoms with Gasteiger partial charge in [-0.2, -0.15) is 0 Å². The second-order valence-electron chi connectivity index (χ2n) is 7.33. The molecular formula is C25H20N5O. The van der Waals surface area contributed by atoms with Crippen LogP contribution in [0.2, 0.25) is 0 Å². The van der Waals surface area contributed by atoms with Gasteiger partial charge in [-0.25, -0.2) is 4.98 Å². The van der Waals surface area contributed by atoms with Gasteiger partial charge in [-0.05, 0) is 59.0 Å². The van der Waals surface area contributed by atoms with E-state index in [2.05, 4.69) is 62.4 Å². The summed E-state index contributed by atoms with van der Waals surface area (Å²) in [6.45, 7) is 0.448. The Morgan fingerprint density at radius 1 is 0.742 bits per heavy atom. The number of aromatic nitrogens is 1. The summed E-state index contributed by atoms with van der Waals surface area (Å²) in [6, 6.07) is 28.7. The van der Waals surface area contributed by atoms with Crippen molar-refractivity contribution >= 4 is 16.7 Å². The van der Waals surface area contributed by atoms with Gasteiger partial charge in [-0.15, -0.1) is 10.2 Å². The van der Waals surface area contributed by atoms with Crippen LogP contribution in [0.25, 0.3) is 10.9 Å². The van der Waals surface area contributed by atoms with Crippen molar-refractivity contribution in [3.63, 3.8) is 0 Å². The maximum Gasteiger partial charge on any atom is 0.207 e. The summed E-state index contributed by atoms with van der Waals surface area (Å²) in [4.78, 5) is 4.67. The van der Waals surface area contributed by atoms with Gasteiger partial charge in [-0.1, -0.05) is 60.7 Å². The maximum absolute atomic E-state index is 6.00. The van der Waals surface area contributed by atoms with E-state index in [1.807, 2.05) is 48.5 Å². The van der Waals surface area contributed by atoms with Crippen LogP contribution < -0.4 is 10.3 Å². The Labute approximate surface area is 180 Å². The molecule has 0 amide bonds. The number of hydrogen-bond acceptors (Lipinski definition) is 5. The molecule has 0 aliphatic carbocycles. The van der Waals surface area contributed by atoms with E-state index in [1.54, 1.807) is 0 Å². The van der Waals surface area contributed by atoms with Gasteiger partial charge in [0.05, 0.1) is 11.2 Å². The molecule has 0 spiro atoms. The number of hydrogen-bond donors (Lipinski definition) is 0. The quantitative estimate of drug-likeness (QED) is 0.421. The average molecular weight is 406 g/mol. The van der Waals surface area contributed by atoms with Crippen molar-refractivity contribution in [3.8, 4) is 5.75 Å². The molecule has 0 N–H and O–H groups in total. The van der Waals surface area contributed by atoms with Crippen LogP contribution in [0.1, 0.15) is 22.4 Å². The first-order valence-corrected chi connectivity index (χ1v) is 10.2. The first-order valence-electron chi connectivity index (χ1n) is 10.2. The lowest BCUT2D eigenvalue weighted by atomic mass is 10.0. The molecule has 0 saturated carbocycles. The molecule has 6 heteroatoms. The Bertz CT molecular complexity index is 1260. The van der Waals surface area contributed by atoms with Gasteiger partial charge in [0.1, 0.15) is 12.4 Å². The van der Waals surface area contributed by atoms with Crippen molar-refractivity contribution in [1.29, 1.82) is 0 Å². The zero-order chi connectivity index (χ0) is 20.9. The largest absolute Gasteiger partial charge is 0.487 e. The Morgan fingerprint density at radius 3 is 2.48 bits per heavy atom. The van der Waals surface area contributed by atoms with Crippen molar-refractivity contribution < 1.29 is 4.74 Å². The molecule has 0 bridgehead atoms. The van der Waals surface area contributed by atoms with Crippen LogP contribution in [0.4, 0.5) is 0 Å². The van der Waals surface area contributed by atoms with Crippen LogP contribution in [0.3, 0.4) is 0 Å². The van der Waals surface area contributed by atoms with E-state index < -0.39 is 0 Å². The van der Waals surface area contributed by atoms with Crippen molar-refractivity contribution in [3.05, 3.63) is 107 Å². The van der Waals surface area contributed by atoms with Crippen LogP contribution in [-0.2, 0) is 19.4 Å². The standard InChI is InChI=1S/C25H20N5O/c1-2-7-24-20(5-1)14-15-22(26-24)17-31-23-6-3-4-19(16-23)9-8-18-10-12-21(13-11-18)25-27-29-30-28-25/h1-7,10-16H,8-9,17H2. The van der Waals surface area contributed by atoms with Crippen molar-refractivity contribution in [2.75, 3.05) is 0 Å². The number of fused-ring (bicyclic) bond motifs is 1. The molecule has 2 heterocycles. The number of pyridine rings is 1. The zero-order valence-electron chi connectivity index (χ0n) is 16.8. The number of rotatable bonds is 7. The van der Waals surface area contributed by atoms with E-state index in [0.717, 1.165) is 40.8 Å². The number of amidine groups is 1. The van der Waals surface area contributed by atoms with Crippen LogP contribution in [0.15, 0.2) is 100 Å². The van der Waals surface area contributed by atoms with E-state index in [0.29, 0.717) is 12.4 Å². The number of para-hydroxylation sites is 1. The maximum atomic E-state index is 6.00. The monoisotopic (exact) mass is 406 g/mol. The molecule has 6 nitrogen and oxygen atoms in total. The molecule has 0 fully saturated rings. The third-order valence-electron chi connectivity index (χ3n) is 5.17. The summed E-state index contributed by atoms with van der Waals surface area (Å²) < 4.78 is 6.00. The minimum absolute atomic E-state index is 0.448. The highest BCUT2D eigenvalue weighted by molar-refractivity contribution is 5.99. The van der Waals surface area contributed by atoms with Gasteiger partial charge >= 0.3 is 0 Å². The summed E-state index contributed by atoms with van der Waals surface area (Å²) in [5.41, 5.74) is 8.84. The van der Waals surface area contributed by atoms with Crippen LogP contribution in [0, 0.1) is 0 Å². The molecule has 0 saturated heterocycles. The van der Waals surface area contributed by atoms with Gasteiger partial charge < -0.3 is 4.74 Å². The molecule has 31 heavy (non-hydrogen) atoms. The van der Waals surface area contributed by atoms with Gasteiger partial charge in [0.15, 0.2) is 0 Å². The fourth-order valence-corrected chi connectivity index (χ4v) is 3.51. The highest BCUT2D eigenvalue weighted by atomic mass is 16.5. The summed E-state index contributed by atoms with van der Waals surface area (Å²) in [6.07, 6.45) is 1.87. The third kappa shape index (κ3) is 4.59. The molecule has 1 aromatic heterocycles. The van der Waals surface area contributed by atoms with Gasteiger partial charge in [0.25, 0.3) is 0 Å². The Morgan fingerprint density at radius 2 is 1.61 bits per heavy atom. The molecule has 1 aliphatic rings. The summed E-state index contributed by atoms with van der Waals surface area (Å²) in [7, 11) is 0. The molecule has 151 valence electrons. The molecule has 1 radical (unpaired) electrons. The SMILES string of the molecule is c1cc(CCc2ccc(C3=N[N]N=N3)cc2)cc(OCc2ccc3ccccc3n2)c1. The zero-order valence-corrected chi connectivity index (χ0v) is 16.8. The smallest absolute Gasteiger partial charge is 0.207 e. The molecular weight excluding hydrogens is 386 g/mol. The number of nitrogens with zero attached hydrogens (tertiary/aromatic N) is 5. The predicted octanol–water partition coefficient (Wildman–Crippen LogP) is 5.25. The minimum atomic E-state index is 0.448. The van der Waals surface area contributed by atoms with Crippen molar-refractivity contribution in [1.82, 2.24) is 10.5 Å². The van der Waals surface area contributed by atoms with Crippen LogP contribution >= 0.6 is 0 Å². The number of benzene rings is 3. The number of ether oxygens (including phenoxy) is 1. The van der Waals surface area contributed by atoms with Crippen LogP contribution in [0.5, 0.6) is 5.75 Å². The molecule has 3 aromatic carbocycles. The molecule has 0 unspecified atom stereocenters. The summed E-state index contributed by atoms with van der Waals surface area (Å²) in [5.74, 6) is 1.41. The van der Waals surface area contributed by atoms with Crippen molar-refractivity contribution in [2.45, 2.75) is 19.4 Å². The molecule has 5 rings (SSSR count). The minimum Gasteiger partial charge on any atom is -0.487 e. The first-order chi connectivity index (χ1) is 15.3. The fraction of sp³-hybridized carbons (Fsp3) is 0.120. The molecule has 1 aliphatic heterocycles. The summed E-state index contributed by atoms with van der Waals surface area (Å²) in [5, 5.41) is 12.4. The van der Waals surface area contributed by atoms with Gasteiger partial charge in [0, 0.05) is 10.9 Å². The van der Waals surface area contributed by atoms with Gasteiger partial charge in [-0.3, -0.25) is 0 Å². The fourth-order valence-electron chi connectivity index (χ4n) is 3.51. The summed E-state index contributed by atoms with van der Waals surface area (Å²) >= 11 is 0. The highest BCUT2D eigenvalue weighted by Crippen LogP contribution is 2.18. The lowest BCUT2D eigenvalue weighted by Gasteiger charge is -2.09. The topological polar surface area (TPSA) is 73.3 Å². The second-order valence-corrected chi connectivity index (χ2v) is 7.33. The Hall–Kier alpha value is -4.06. The van der Waals surface area contributed by atoms with E-state index in [-0.39, 0.29) is 0 Å². The molecule has 4 aromatic rings. The van der Waals surface area contributed by atoms with Gasteiger partial charge in [0.2, 0.25) is 5.84 Å². The lowest BCUT2D eigenvalue weighted by molar-refractivity contribution is 0.301. The molecule has 0 atom stereocenters. The van der Waals surface area contributed by atoms with E-state index in [4.69, 9.17) is 4.74 Å². The lowest BCUT2D eigenvalue weighted by Crippen LogP contribution is -1.99. The van der Waals surface area contributed by atoms with E-state index in [9.17, 15) is 0 Å². The average Bonchev–Trinajstić information content (AvgIpc) is 3.37. The highest BCUT2D eigenvalue weighted by Gasteiger charge is 2.08. The second kappa shape index (κ2) is 8.75. The van der Waals surface area contributed by atoms with E-state index >= 15 is 0 Å². The van der Waals surface area contributed by atoms with E-state index in [1.165, 1.54) is 11.1 Å². The number of aryl methyl sites for hydroxylation is 2. The third-order valence-corrected chi connectivity index (χ3v) is 5.17.